The highest BCUT2D eigenvalue weighted by atomic mass is 19.1. The first kappa shape index (κ1) is 22.3. The van der Waals surface area contributed by atoms with Crippen molar-refractivity contribution in [1.82, 2.24) is 10.2 Å². The third kappa shape index (κ3) is 4.84. The molecule has 0 aromatic heterocycles. The van der Waals surface area contributed by atoms with E-state index >= 15 is 0 Å². The molecule has 2 aromatic carbocycles. The lowest BCUT2D eigenvalue weighted by Gasteiger charge is -2.37. The molecule has 0 fully saturated rings. The van der Waals surface area contributed by atoms with E-state index in [-0.39, 0.29) is 29.8 Å². The number of para-hydroxylation sites is 2. The molecule has 0 spiro atoms. The molecule has 3 rings (SSSR count). The molecule has 2 unspecified atom stereocenters. The summed E-state index contributed by atoms with van der Waals surface area (Å²) in [5.41, 5.74) is 0.792. The molecule has 0 saturated carbocycles. The van der Waals surface area contributed by atoms with Gasteiger partial charge in [0.1, 0.15) is 17.6 Å². The Balaban J connectivity index is 1.88. The number of amides is 3. The van der Waals surface area contributed by atoms with Crippen LogP contribution < -0.4 is 15.0 Å². The lowest BCUT2D eigenvalue weighted by molar-refractivity contribution is -0.136. The van der Waals surface area contributed by atoms with Gasteiger partial charge < -0.3 is 19.9 Å². The van der Waals surface area contributed by atoms with Crippen molar-refractivity contribution in [3.8, 4) is 5.75 Å². The first-order chi connectivity index (χ1) is 14.7. The molecule has 2 aromatic rings. The van der Waals surface area contributed by atoms with Gasteiger partial charge in [-0.3, -0.25) is 14.4 Å². The van der Waals surface area contributed by atoms with Gasteiger partial charge in [-0.2, -0.15) is 0 Å². The van der Waals surface area contributed by atoms with E-state index in [9.17, 15) is 18.8 Å². The SMILES string of the molecule is CC(C)C(NC(=O)c1ccc(F)cc1)C(=O)N1CC(C(=O)N(C)C)Oc2ccccc21. The molecule has 0 radical (unpaired) electrons. The number of benzene rings is 2. The zero-order chi connectivity index (χ0) is 22.7. The van der Waals surface area contributed by atoms with Crippen LogP contribution in [0.15, 0.2) is 48.5 Å². The van der Waals surface area contributed by atoms with Gasteiger partial charge in [0.25, 0.3) is 11.8 Å². The number of hydrogen-bond donors (Lipinski definition) is 1. The van der Waals surface area contributed by atoms with Crippen molar-refractivity contribution in [2.75, 3.05) is 25.5 Å². The van der Waals surface area contributed by atoms with Crippen molar-refractivity contribution in [2.45, 2.75) is 26.0 Å². The van der Waals surface area contributed by atoms with Crippen LogP contribution in [0.4, 0.5) is 10.1 Å². The lowest BCUT2D eigenvalue weighted by atomic mass is 10.0. The largest absolute Gasteiger partial charge is 0.476 e. The molecule has 8 heteroatoms. The van der Waals surface area contributed by atoms with E-state index in [2.05, 4.69) is 5.32 Å². The van der Waals surface area contributed by atoms with Gasteiger partial charge in [0, 0.05) is 19.7 Å². The monoisotopic (exact) mass is 427 g/mol. The van der Waals surface area contributed by atoms with Crippen LogP contribution >= 0.6 is 0 Å². The summed E-state index contributed by atoms with van der Waals surface area (Å²) in [6, 6.07) is 11.2. The molecular weight excluding hydrogens is 401 g/mol. The van der Waals surface area contributed by atoms with Crippen LogP contribution in [-0.2, 0) is 9.59 Å². The van der Waals surface area contributed by atoms with E-state index in [0.717, 1.165) is 0 Å². The highest BCUT2D eigenvalue weighted by Crippen LogP contribution is 2.34. The van der Waals surface area contributed by atoms with Gasteiger partial charge in [-0.15, -0.1) is 0 Å². The zero-order valence-electron chi connectivity index (χ0n) is 18.0. The minimum absolute atomic E-state index is 0.0303. The first-order valence-corrected chi connectivity index (χ1v) is 10.0. The van der Waals surface area contributed by atoms with Crippen molar-refractivity contribution >= 4 is 23.4 Å². The summed E-state index contributed by atoms with van der Waals surface area (Å²) in [5.74, 6) is -1.34. The number of rotatable bonds is 5. The van der Waals surface area contributed by atoms with E-state index in [4.69, 9.17) is 4.74 Å². The number of halogens is 1. The fourth-order valence-electron chi connectivity index (χ4n) is 3.37. The van der Waals surface area contributed by atoms with Gasteiger partial charge in [-0.1, -0.05) is 26.0 Å². The average molecular weight is 427 g/mol. The predicted octanol–water partition coefficient (Wildman–Crippen LogP) is 2.46. The van der Waals surface area contributed by atoms with Crippen molar-refractivity contribution < 1.29 is 23.5 Å². The van der Waals surface area contributed by atoms with E-state index < -0.39 is 23.9 Å². The van der Waals surface area contributed by atoms with Crippen LogP contribution in [0.1, 0.15) is 24.2 Å². The highest BCUT2D eigenvalue weighted by Gasteiger charge is 2.38. The van der Waals surface area contributed by atoms with Gasteiger partial charge in [0.15, 0.2) is 6.10 Å². The van der Waals surface area contributed by atoms with Crippen LogP contribution in [0.2, 0.25) is 0 Å². The topological polar surface area (TPSA) is 79.0 Å². The van der Waals surface area contributed by atoms with Crippen molar-refractivity contribution in [2.24, 2.45) is 5.92 Å². The summed E-state index contributed by atoms with van der Waals surface area (Å²) < 4.78 is 19.0. The maximum Gasteiger partial charge on any atom is 0.265 e. The molecular formula is C23H26FN3O4. The normalized spacial score (nSPS) is 16.2. The summed E-state index contributed by atoms with van der Waals surface area (Å²) in [6.07, 6.45) is -0.852. The van der Waals surface area contributed by atoms with E-state index in [1.165, 1.54) is 34.1 Å². The van der Waals surface area contributed by atoms with Crippen LogP contribution in [0, 0.1) is 11.7 Å². The third-order valence-electron chi connectivity index (χ3n) is 5.08. The van der Waals surface area contributed by atoms with Crippen LogP contribution in [0.25, 0.3) is 0 Å². The number of nitrogens with zero attached hydrogens (tertiary/aromatic N) is 2. The minimum atomic E-state index is -0.852. The highest BCUT2D eigenvalue weighted by molar-refractivity contribution is 6.04. The fourth-order valence-corrected chi connectivity index (χ4v) is 3.37. The number of likely N-dealkylation sites (N-methyl/N-ethyl adjacent to an activating group) is 1. The Hall–Kier alpha value is -3.42. The zero-order valence-corrected chi connectivity index (χ0v) is 18.0. The maximum atomic E-state index is 13.5. The average Bonchev–Trinajstić information content (AvgIpc) is 2.75. The molecule has 0 bridgehead atoms. The van der Waals surface area contributed by atoms with E-state index in [1.807, 2.05) is 13.8 Å². The van der Waals surface area contributed by atoms with Crippen molar-refractivity contribution in [1.29, 1.82) is 0 Å². The van der Waals surface area contributed by atoms with Gasteiger partial charge >= 0.3 is 0 Å². The molecule has 1 aliphatic rings. The van der Waals surface area contributed by atoms with Crippen molar-refractivity contribution in [3.05, 3.63) is 59.9 Å². The number of nitrogens with one attached hydrogen (secondary N) is 1. The Morgan fingerprint density at radius 3 is 2.35 bits per heavy atom. The van der Waals surface area contributed by atoms with E-state index in [0.29, 0.717) is 11.4 Å². The number of anilines is 1. The molecule has 164 valence electrons. The minimum Gasteiger partial charge on any atom is -0.476 e. The molecule has 0 saturated heterocycles. The summed E-state index contributed by atoms with van der Waals surface area (Å²) in [7, 11) is 3.25. The Morgan fingerprint density at radius 1 is 1.10 bits per heavy atom. The molecule has 2 atom stereocenters. The van der Waals surface area contributed by atoms with Gasteiger partial charge in [0.2, 0.25) is 5.91 Å². The van der Waals surface area contributed by atoms with E-state index in [1.54, 1.807) is 38.4 Å². The Labute approximate surface area is 180 Å². The molecule has 3 amide bonds. The molecule has 7 nitrogen and oxygen atoms in total. The summed E-state index contributed by atoms with van der Waals surface area (Å²) >= 11 is 0. The predicted molar refractivity (Wildman–Crippen MR) is 114 cm³/mol. The number of carbonyl (C=O) groups excluding carboxylic acids is 3. The summed E-state index contributed by atoms with van der Waals surface area (Å²) in [4.78, 5) is 41.6. The molecule has 0 aliphatic carbocycles. The Bertz CT molecular complexity index is 975. The molecule has 1 heterocycles. The van der Waals surface area contributed by atoms with Crippen LogP contribution in [-0.4, -0.2) is 55.4 Å². The quantitative estimate of drug-likeness (QED) is 0.795. The Kier molecular flexibility index (Phi) is 6.58. The smallest absolute Gasteiger partial charge is 0.265 e. The second kappa shape index (κ2) is 9.16. The number of ether oxygens (including phenoxy) is 1. The first-order valence-electron chi connectivity index (χ1n) is 10.0. The van der Waals surface area contributed by atoms with Gasteiger partial charge in [-0.25, -0.2) is 4.39 Å². The lowest BCUT2D eigenvalue weighted by Crippen LogP contribution is -2.56. The summed E-state index contributed by atoms with van der Waals surface area (Å²) in [5, 5.41) is 2.76. The Morgan fingerprint density at radius 2 is 1.74 bits per heavy atom. The van der Waals surface area contributed by atoms with Crippen molar-refractivity contribution in [3.63, 3.8) is 0 Å². The second-order valence-corrected chi connectivity index (χ2v) is 7.96. The van der Waals surface area contributed by atoms with Gasteiger partial charge in [-0.05, 0) is 42.3 Å². The molecule has 31 heavy (non-hydrogen) atoms. The van der Waals surface area contributed by atoms with Crippen LogP contribution in [0.5, 0.6) is 5.75 Å². The number of carbonyl (C=O) groups is 3. The van der Waals surface area contributed by atoms with Crippen LogP contribution in [0.3, 0.4) is 0 Å². The van der Waals surface area contributed by atoms with Gasteiger partial charge in [0.05, 0.1) is 12.2 Å². The molecule has 1 aliphatic heterocycles. The molecule has 1 N–H and O–H groups in total. The number of fused-ring (bicyclic) bond motifs is 1. The number of hydrogen-bond acceptors (Lipinski definition) is 4. The fraction of sp³-hybridized carbons (Fsp3) is 0.348. The second-order valence-electron chi connectivity index (χ2n) is 7.96. The summed E-state index contributed by atoms with van der Waals surface area (Å²) in [6.45, 7) is 3.67. The maximum absolute atomic E-state index is 13.5. The standard InChI is InChI=1S/C23H26FN3O4/c1-14(2)20(25-21(28)15-9-11-16(24)12-10-15)23(30)27-13-19(22(29)26(3)4)31-18-8-6-5-7-17(18)27/h5-12,14,19-20H,13H2,1-4H3,(H,25,28). The third-order valence-corrected chi connectivity index (χ3v) is 5.08.